The van der Waals surface area contributed by atoms with Crippen molar-refractivity contribution in [1.29, 1.82) is 0 Å². The minimum Gasteiger partial charge on any atom is -0.481 e. The third kappa shape index (κ3) is 2.53. The summed E-state index contributed by atoms with van der Waals surface area (Å²) in [7, 11) is 1.25. The summed E-state index contributed by atoms with van der Waals surface area (Å²) in [6.07, 6.45) is 0.340. The summed E-state index contributed by atoms with van der Waals surface area (Å²) in [5.41, 5.74) is -0.993. The van der Waals surface area contributed by atoms with E-state index in [9.17, 15) is 9.59 Å². The van der Waals surface area contributed by atoms with Crippen molar-refractivity contribution in [3.05, 3.63) is 0 Å². The van der Waals surface area contributed by atoms with Crippen LogP contribution in [0.2, 0.25) is 0 Å². The fraction of sp³-hybridized carbons (Fsp3) is 0.750. The first-order chi connectivity index (χ1) is 5.46. The van der Waals surface area contributed by atoms with Gasteiger partial charge < -0.3 is 9.84 Å². The smallest absolute Gasteiger partial charge is 0.309 e. The Balaban J connectivity index is 4.34. The maximum atomic E-state index is 10.8. The van der Waals surface area contributed by atoms with E-state index in [-0.39, 0.29) is 6.42 Å². The molecule has 0 aliphatic heterocycles. The van der Waals surface area contributed by atoms with E-state index in [4.69, 9.17) is 5.11 Å². The minimum atomic E-state index is -0.993. The third-order valence-electron chi connectivity index (χ3n) is 2.06. The molecule has 0 heterocycles. The molecule has 1 N–H and O–H groups in total. The number of esters is 1. The van der Waals surface area contributed by atoms with Crippen LogP contribution in [0.15, 0.2) is 0 Å². The van der Waals surface area contributed by atoms with Crippen LogP contribution in [0.25, 0.3) is 0 Å². The van der Waals surface area contributed by atoms with E-state index in [1.54, 1.807) is 6.92 Å². The topological polar surface area (TPSA) is 63.6 Å². The van der Waals surface area contributed by atoms with Crippen molar-refractivity contribution < 1.29 is 19.4 Å². The van der Waals surface area contributed by atoms with Crippen LogP contribution in [0.1, 0.15) is 26.7 Å². The lowest BCUT2D eigenvalue weighted by Crippen LogP contribution is -2.30. The van der Waals surface area contributed by atoms with E-state index in [0.717, 1.165) is 0 Å². The summed E-state index contributed by atoms with van der Waals surface area (Å²) >= 11 is 0. The van der Waals surface area contributed by atoms with Gasteiger partial charge in [-0.25, -0.2) is 0 Å². The van der Waals surface area contributed by atoms with Crippen LogP contribution in [0.3, 0.4) is 0 Å². The quantitative estimate of drug-likeness (QED) is 0.647. The molecule has 0 radical (unpaired) electrons. The van der Waals surface area contributed by atoms with Gasteiger partial charge in [0, 0.05) is 0 Å². The Morgan fingerprint density at radius 2 is 2.00 bits per heavy atom. The van der Waals surface area contributed by atoms with E-state index in [1.807, 2.05) is 0 Å². The number of methoxy groups -OCH3 is 1. The molecule has 0 rings (SSSR count). The summed E-state index contributed by atoms with van der Waals surface area (Å²) in [6.45, 7) is 3.27. The van der Waals surface area contributed by atoms with Crippen molar-refractivity contribution in [3.8, 4) is 0 Å². The second-order valence-corrected chi connectivity index (χ2v) is 2.97. The van der Waals surface area contributed by atoms with Crippen LogP contribution in [-0.4, -0.2) is 24.2 Å². The van der Waals surface area contributed by atoms with Gasteiger partial charge in [-0.1, -0.05) is 6.92 Å². The molecule has 0 spiro atoms. The minimum absolute atomic E-state index is 0.0741. The van der Waals surface area contributed by atoms with E-state index >= 15 is 0 Å². The van der Waals surface area contributed by atoms with Gasteiger partial charge >= 0.3 is 11.9 Å². The molecule has 1 unspecified atom stereocenters. The van der Waals surface area contributed by atoms with Gasteiger partial charge in [0.2, 0.25) is 0 Å². The molecule has 0 aromatic carbocycles. The SMILES string of the molecule is CCC(C)(CC(=O)OC)C(=O)O. The Bertz CT molecular complexity index is 187. The average molecular weight is 174 g/mol. The Hall–Kier alpha value is -1.06. The third-order valence-corrected chi connectivity index (χ3v) is 2.06. The summed E-state index contributed by atoms with van der Waals surface area (Å²) in [5, 5.41) is 8.77. The molecule has 0 amide bonds. The highest BCUT2D eigenvalue weighted by atomic mass is 16.5. The Labute approximate surface area is 71.5 Å². The van der Waals surface area contributed by atoms with Crippen molar-refractivity contribution in [2.75, 3.05) is 7.11 Å². The van der Waals surface area contributed by atoms with Gasteiger partial charge in [0.1, 0.15) is 0 Å². The zero-order valence-electron chi connectivity index (χ0n) is 7.59. The van der Waals surface area contributed by atoms with Crippen LogP contribution in [0.4, 0.5) is 0 Å². The zero-order chi connectivity index (χ0) is 9.78. The number of carboxylic acids is 1. The monoisotopic (exact) mass is 174 g/mol. The maximum absolute atomic E-state index is 10.8. The molecule has 0 fully saturated rings. The number of aliphatic carboxylic acids is 1. The molecule has 12 heavy (non-hydrogen) atoms. The van der Waals surface area contributed by atoms with Crippen molar-refractivity contribution in [2.45, 2.75) is 26.7 Å². The molecule has 4 nitrogen and oxygen atoms in total. The molecule has 4 heteroatoms. The molecule has 0 aliphatic rings. The number of carbonyl (C=O) groups is 2. The van der Waals surface area contributed by atoms with Gasteiger partial charge in [-0.2, -0.15) is 0 Å². The Morgan fingerprint density at radius 3 is 2.25 bits per heavy atom. The van der Waals surface area contributed by atoms with E-state index in [0.29, 0.717) is 6.42 Å². The average Bonchev–Trinajstić information content (AvgIpc) is 2.03. The fourth-order valence-electron chi connectivity index (χ4n) is 0.743. The second kappa shape index (κ2) is 4.09. The Morgan fingerprint density at radius 1 is 1.50 bits per heavy atom. The number of hydrogen-bond acceptors (Lipinski definition) is 3. The van der Waals surface area contributed by atoms with E-state index in [1.165, 1.54) is 14.0 Å². The molecule has 0 bridgehead atoms. The van der Waals surface area contributed by atoms with Crippen molar-refractivity contribution in [2.24, 2.45) is 5.41 Å². The number of rotatable bonds is 4. The molecule has 0 saturated carbocycles. The summed E-state index contributed by atoms with van der Waals surface area (Å²) in [5.74, 6) is -1.45. The predicted molar refractivity (Wildman–Crippen MR) is 42.7 cm³/mol. The van der Waals surface area contributed by atoms with Crippen LogP contribution < -0.4 is 0 Å². The molecule has 0 aromatic rings. The van der Waals surface area contributed by atoms with Gasteiger partial charge in [-0.05, 0) is 13.3 Å². The lowest BCUT2D eigenvalue weighted by atomic mass is 9.84. The molecule has 1 atom stereocenters. The van der Waals surface area contributed by atoms with E-state index < -0.39 is 17.4 Å². The highest BCUT2D eigenvalue weighted by Gasteiger charge is 2.34. The van der Waals surface area contributed by atoms with E-state index in [2.05, 4.69) is 4.74 Å². The fourth-order valence-corrected chi connectivity index (χ4v) is 0.743. The predicted octanol–water partition coefficient (Wildman–Crippen LogP) is 1.05. The first kappa shape index (κ1) is 10.9. The summed E-state index contributed by atoms with van der Waals surface area (Å²) in [4.78, 5) is 21.5. The Kier molecular flexibility index (Phi) is 3.73. The molecule has 70 valence electrons. The highest BCUT2D eigenvalue weighted by molar-refractivity contribution is 5.81. The lowest BCUT2D eigenvalue weighted by molar-refractivity contribution is -0.156. The molecule has 0 saturated heterocycles. The second-order valence-electron chi connectivity index (χ2n) is 2.97. The summed E-state index contributed by atoms with van der Waals surface area (Å²) in [6, 6.07) is 0. The van der Waals surface area contributed by atoms with Gasteiger partial charge in [0.25, 0.3) is 0 Å². The summed E-state index contributed by atoms with van der Waals surface area (Å²) < 4.78 is 4.40. The van der Waals surface area contributed by atoms with Gasteiger partial charge in [-0.15, -0.1) is 0 Å². The van der Waals surface area contributed by atoms with Gasteiger partial charge in [-0.3, -0.25) is 9.59 Å². The molecule has 0 aliphatic carbocycles. The molecular weight excluding hydrogens is 160 g/mol. The number of hydrogen-bond donors (Lipinski definition) is 1. The number of carboxylic acid groups (broad SMARTS) is 1. The normalized spacial score (nSPS) is 14.9. The highest BCUT2D eigenvalue weighted by Crippen LogP contribution is 2.26. The first-order valence-electron chi connectivity index (χ1n) is 3.76. The molecular formula is C8H14O4. The number of carbonyl (C=O) groups excluding carboxylic acids is 1. The largest absolute Gasteiger partial charge is 0.481 e. The zero-order valence-corrected chi connectivity index (χ0v) is 7.59. The van der Waals surface area contributed by atoms with Crippen LogP contribution in [0.5, 0.6) is 0 Å². The molecule has 0 aromatic heterocycles. The lowest BCUT2D eigenvalue weighted by Gasteiger charge is -2.20. The van der Waals surface area contributed by atoms with Crippen LogP contribution in [0, 0.1) is 5.41 Å². The van der Waals surface area contributed by atoms with Crippen molar-refractivity contribution in [1.82, 2.24) is 0 Å². The van der Waals surface area contributed by atoms with Crippen molar-refractivity contribution >= 4 is 11.9 Å². The van der Waals surface area contributed by atoms with Crippen LogP contribution in [-0.2, 0) is 14.3 Å². The first-order valence-corrected chi connectivity index (χ1v) is 3.76. The van der Waals surface area contributed by atoms with Gasteiger partial charge in [0.15, 0.2) is 0 Å². The van der Waals surface area contributed by atoms with Crippen LogP contribution >= 0.6 is 0 Å². The maximum Gasteiger partial charge on any atom is 0.309 e. The van der Waals surface area contributed by atoms with Gasteiger partial charge in [0.05, 0.1) is 18.9 Å². The number of ether oxygens (including phenoxy) is 1. The standard InChI is InChI=1S/C8H14O4/c1-4-8(2,7(10)11)5-6(9)12-3/h4-5H2,1-3H3,(H,10,11). The van der Waals surface area contributed by atoms with Crippen molar-refractivity contribution in [3.63, 3.8) is 0 Å².